The molecule has 0 atom stereocenters. The minimum atomic E-state index is -0.143. The van der Waals surface area contributed by atoms with E-state index in [0.29, 0.717) is 16.8 Å². The molecule has 0 bridgehead atoms. The van der Waals surface area contributed by atoms with Crippen molar-refractivity contribution in [2.75, 3.05) is 11.1 Å². The molecule has 0 unspecified atom stereocenters. The van der Waals surface area contributed by atoms with E-state index in [1.807, 2.05) is 34.2 Å². The third-order valence-electron chi connectivity index (χ3n) is 5.26. The highest BCUT2D eigenvalue weighted by molar-refractivity contribution is 9.10. The van der Waals surface area contributed by atoms with E-state index in [1.54, 1.807) is 6.08 Å². The maximum atomic E-state index is 12.6. The van der Waals surface area contributed by atoms with Gasteiger partial charge in [-0.25, -0.2) is 4.98 Å². The molecule has 0 aliphatic heterocycles. The Labute approximate surface area is 222 Å². The molecule has 4 aromatic rings. The lowest BCUT2D eigenvalue weighted by Crippen LogP contribution is -2.14. The highest BCUT2D eigenvalue weighted by Gasteiger charge is 2.18. The van der Waals surface area contributed by atoms with Gasteiger partial charge in [0.25, 0.3) is 0 Å². The van der Waals surface area contributed by atoms with Crippen molar-refractivity contribution in [2.45, 2.75) is 37.9 Å². The van der Waals surface area contributed by atoms with E-state index in [-0.39, 0.29) is 17.1 Å². The Hall–Kier alpha value is -2.75. The third-order valence-corrected chi connectivity index (χ3v) is 7.51. The number of hydrogen-bond acceptors (Lipinski definition) is 6. The van der Waals surface area contributed by atoms with Crippen LogP contribution >= 0.6 is 39.0 Å². The van der Waals surface area contributed by atoms with Gasteiger partial charge in [-0.15, -0.1) is 28.1 Å². The van der Waals surface area contributed by atoms with Crippen molar-refractivity contribution < 1.29 is 4.79 Å². The molecule has 2 aromatic heterocycles. The zero-order valence-electron chi connectivity index (χ0n) is 19.8. The number of aromatic nitrogens is 4. The SMILES string of the molecule is C=CCn1c(SCC(=O)Nc2nc(-c3ccc(Br)cc3)cs2)nnc1-c1ccc(C(C)(C)C)cc1. The summed E-state index contributed by atoms with van der Waals surface area (Å²) in [6, 6.07) is 16.3. The predicted molar refractivity (Wildman–Crippen MR) is 149 cm³/mol. The van der Waals surface area contributed by atoms with E-state index < -0.39 is 0 Å². The highest BCUT2D eigenvalue weighted by Crippen LogP contribution is 2.29. The number of carbonyl (C=O) groups excluding carboxylic acids is 1. The topological polar surface area (TPSA) is 72.7 Å². The van der Waals surface area contributed by atoms with Crippen LogP contribution in [0.4, 0.5) is 5.13 Å². The van der Waals surface area contributed by atoms with E-state index in [4.69, 9.17) is 0 Å². The van der Waals surface area contributed by atoms with Crippen molar-refractivity contribution in [3.63, 3.8) is 0 Å². The van der Waals surface area contributed by atoms with Crippen LogP contribution in [0, 0.1) is 0 Å². The molecule has 0 saturated carbocycles. The van der Waals surface area contributed by atoms with Crippen LogP contribution in [0.25, 0.3) is 22.6 Å². The van der Waals surface area contributed by atoms with Gasteiger partial charge in [0.2, 0.25) is 5.91 Å². The van der Waals surface area contributed by atoms with E-state index in [0.717, 1.165) is 27.1 Å². The molecule has 4 rings (SSSR count). The van der Waals surface area contributed by atoms with Gasteiger partial charge in [-0.2, -0.15) is 0 Å². The average molecular weight is 569 g/mol. The fourth-order valence-electron chi connectivity index (χ4n) is 3.39. The normalized spacial score (nSPS) is 11.4. The second kappa shape index (κ2) is 10.9. The predicted octanol–water partition coefficient (Wildman–Crippen LogP) is 7.05. The first-order valence-electron chi connectivity index (χ1n) is 11.0. The molecule has 0 saturated heterocycles. The van der Waals surface area contributed by atoms with Crippen molar-refractivity contribution in [3.05, 3.63) is 76.6 Å². The smallest absolute Gasteiger partial charge is 0.236 e. The number of hydrogen-bond donors (Lipinski definition) is 1. The lowest BCUT2D eigenvalue weighted by molar-refractivity contribution is -0.113. The zero-order chi connectivity index (χ0) is 25.0. The average Bonchev–Trinajstić information content (AvgIpc) is 3.45. The molecule has 180 valence electrons. The molecule has 35 heavy (non-hydrogen) atoms. The Kier molecular flexibility index (Phi) is 7.88. The quantitative estimate of drug-likeness (QED) is 0.182. The molecule has 6 nitrogen and oxygen atoms in total. The number of anilines is 1. The molecule has 1 N–H and O–H groups in total. The zero-order valence-corrected chi connectivity index (χ0v) is 23.0. The summed E-state index contributed by atoms with van der Waals surface area (Å²) in [5.41, 5.74) is 4.15. The van der Waals surface area contributed by atoms with Crippen LogP contribution in [0.2, 0.25) is 0 Å². The summed E-state index contributed by atoms with van der Waals surface area (Å²) in [5, 5.41) is 14.8. The fourth-order valence-corrected chi connectivity index (χ4v) is 5.14. The van der Waals surface area contributed by atoms with Crippen molar-refractivity contribution >= 4 is 50.1 Å². The van der Waals surface area contributed by atoms with Crippen LogP contribution in [0.5, 0.6) is 0 Å². The molecule has 0 aliphatic carbocycles. The number of allylic oxidation sites excluding steroid dienone is 1. The third kappa shape index (κ3) is 6.28. The van der Waals surface area contributed by atoms with E-state index in [9.17, 15) is 4.79 Å². The molecule has 0 spiro atoms. The Morgan fingerprint density at radius 1 is 1.11 bits per heavy atom. The van der Waals surface area contributed by atoms with Gasteiger partial charge in [-0.05, 0) is 23.1 Å². The number of amides is 1. The number of carbonyl (C=O) groups is 1. The maximum absolute atomic E-state index is 12.6. The van der Waals surface area contributed by atoms with Gasteiger partial charge in [0.05, 0.1) is 11.4 Å². The van der Waals surface area contributed by atoms with Crippen LogP contribution in [-0.2, 0) is 16.8 Å². The fraction of sp³-hybridized carbons (Fsp3) is 0.231. The summed E-state index contributed by atoms with van der Waals surface area (Å²) in [5.74, 6) is 0.814. The molecule has 0 fully saturated rings. The Bertz CT molecular complexity index is 1320. The molecule has 0 radical (unpaired) electrons. The monoisotopic (exact) mass is 567 g/mol. The molecule has 1 amide bonds. The minimum absolute atomic E-state index is 0.0815. The first-order chi connectivity index (χ1) is 16.7. The summed E-state index contributed by atoms with van der Waals surface area (Å²) < 4.78 is 2.99. The first-order valence-corrected chi connectivity index (χ1v) is 13.7. The summed E-state index contributed by atoms with van der Waals surface area (Å²) in [6.07, 6.45) is 1.81. The summed E-state index contributed by atoms with van der Waals surface area (Å²) in [6.45, 7) is 11.0. The molecule has 9 heteroatoms. The van der Waals surface area contributed by atoms with Crippen LogP contribution in [0.15, 0.2) is 76.2 Å². The van der Waals surface area contributed by atoms with Crippen molar-refractivity contribution in [1.82, 2.24) is 19.7 Å². The standard InChI is InChI=1S/C26H26BrN5OS2/c1-5-14-32-23(18-6-10-19(11-7-18)26(2,3)4)30-31-25(32)35-16-22(33)29-24-28-21(15-34-24)17-8-12-20(27)13-9-17/h5-13,15H,1,14,16H2,2-4H3,(H,28,29,33). The highest BCUT2D eigenvalue weighted by atomic mass is 79.9. The van der Waals surface area contributed by atoms with Crippen LogP contribution < -0.4 is 5.32 Å². The number of benzene rings is 2. The van der Waals surface area contributed by atoms with Crippen LogP contribution in [-0.4, -0.2) is 31.4 Å². The number of thiazole rings is 1. The first kappa shape index (κ1) is 25.3. The number of halogens is 1. The Morgan fingerprint density at radius 2 is 1.80 bits per heavy atom. The van der Waals surface area contributed by atoms with Crippen LogP contribution in [0.3, 0.4) is 0 Å². The Morgan fingerprint density at radius 3 is 2.46 bits per heavy atom. The molecular formula is C26H26BrN5OS2. The summed E-state index contributed by atoms with van der Waals surface area (Å²) >= 11 is 6.18. The van der Waals surface area contributed by atoms with Crippen LogP contribution in [0.1, 0.15) is 26.3 Å². The molecule has 0 aliphatic rings. The molecular weight excluding hydrogens is 542 g/mol. The van der Waals surface area contributed by atoms with Gasteiger partial charge in [0.1, 0.15) is 0 Å². The number of nitrogens with zero attached hydrogens (tertiary/aromatic N) is 4. The maximum Gasteiger partial charge on any atom is 0.236 e. The number of nitrogens with one attached hydrogen (secondary N) is 1. The van der Waals surface area contributed by atoms with E-state index in [1.165, 1.54) is 28.7 Å². The lowest BCUT2D eigenvalue weighted by Gasteiger charge is -2.19. The summed E-state index contributed by atoms with van der Waals surface area (Å²) in [7, 11) is 0. The van der Waals surface area contributed by atoms with Gasteiger partial charge in [-0.3, -0.25) is 9.36 Å². The minimum Gasteiger partial charge on any atom is -0.301 e. The second-order valence-electron chi connectivity index (χ2n) is 8.91. The Balaban J connectivity index is 1.42. The van der Waals surface area contributed by atoms with Crippen molar-refractivity contribution in [1.29, 1.82) is 0 Å². The molecule has 2 heterocycles. The molecule has 2 aromatic carbocycles. The van der Waals surface area contributed by atoms with Gasteiger partial charge in [0, 0.05) is 27.5 Å². The number of thioether (sulfide) groups is 1. The van der Waals surface area contributed by atoms with E-state index >= 15 is 0 Å². The summed E-state index contributed by atoms with van der Waals surface area (Å²) in [4.78, 5) is 17.1. The number of rotatable bonds is 8. The van der Waals surface area contributed by atoms with Gasteiger partial charge >= 0.3 is 0 Å². The van der Waals surface area contributed by atoms with E-state index in [2.05, 4.69) is 88.0 Å². The van der Waals surface area contributed by atoms with Crippen molar-refractivity contribution in [2.24, 2.45) is 0 Å². The van der Waals surface area contributed by atoms with Crippen molar-refractivity contribution in [3.8, 4) is 22.6 Å². The van der Waals surface area contributed by atoms with Gasteiger partial charge in [0.15, 0.2) is 16.1 Å². The lowest BCUT2D eigenvalue weighted by atomic mass is 9.87. The van der Waals surface area contributed by atoms with Gasteiger partial charge < -0.3 is 5.32 Å². The second-order valence-corrected chi connectivity index (χ2v) is 11.6. The van der Waals surface area contributed by atoms with Gasteiger partial charge in [-0.1, -0.05) is 90.9 Å². The largest absolute Gasteiger partial charge is 0.301 e.